The molecule has 23 heavy (non-hydrogen) atoms. The summed E-state index contributed by atoms with van der Waals surface area (Å²) < 4.78 is 2.13. The Labute approximate surface area is 140 Å². The fraction of sp³-hybridized carbons (Fsp3) is 0.500. The van der Waals surface area contributed by atoms with Gasteiger partial charge in [0.05, 0.1) is 6.10 Å². The number of piperidine rings is 1. The van der Waals surface area contributed by atoms with Gasteiger partial charge in [-0.2, -0.15) is 0 Å². The van der Waals surface area contributed by atoms with Crippen molar-refractivity contribution in [2.75, 3.05) is 13.1 Å². The fourth-order valence-electron chi connectivity index (χ4n) is 3.52. The zero-order chi connectivity index (χ0) is 15.8. The molecule has 4 nitrogen and oxygen atoms in total. The molecule has 0 bridgehead atoms. The van der Waals surface area contributed by atoms with Crippen LogP contribution in [0.4, 0.5) is 0 Å². The average Bonchev–Trinajstić information content (AvgIpc) is 3.09. The van der Waals surface area contributed by atoms with E-state index in [0.717, 1.165) is 36.5 Å². The second-order valence-corrected chi connectivity index (χ2v) is 7.60. The summed E-state index contributed by atoms with van der Waals surface area (Å²) in [6, 6.07) is 8.41. The van der Waals surface area contributed by atoms with Gasteiger partial charge in [0.2, 0.25) is 0 Å². The van der Waals surface area contributed by atoms with Crippen molar-refractivity contribution in [1.82, 2.24) is 9.47 Å². The maximum Gasteiger partial charge on any atom is 0.270 e. The Morgan fingerprint density at radius 1 is 1.17 bits per heavy atom. The summed E-state index contributed by atoms with van der Waals surface area (Å²) in [4.78, 5) is 15.8. The second kappa shape index (κ2) is 6.13. The molecule has 1 aliphatic carbocycles. The number of rotatable bonds is 4. The molecule has 1 saturated heterocycles. The third kappa shape index (κ3) is 2.95. The maximum absolute atomic E-state index is 12.8. The van der Waals surface area contributed by atoms with E-state index in [1.807, 2.05) is 40.7 Å². The monoisotopic (exact) mass is 330 g/mol. The van der Waals surface area contributed by atoms with Crippen LogP contribution in [-0.4, -0.2) is 33.6 Å². The zero-order valence-corrected chi connectivity index (χ0v) is 13.9. The molecule has 2 aromatic rings. The third-order valence-corrected chi connectivity index (χ3v) is 5.99. The van der Waals surface area contributed by atoms with Crippen molar-refractivity contribution in [2.45, 2.75) is 37.8 Å². The van der Waals surface area contributed by atoms with Crippen molar-refractivity contribution in [2.24, 2.45) is 5.92 Å². The first kappa shape index (κ1) is 15.0. The zero-order valence-electron chi connectivity index (χ0n) is 13.1. The number of hydrogen-bond acceptors (Lipinski definition) is 3. The van der Waals surface area contributed by atoms with Gasteiger partial charge in [0.1, 0.15) is 5.69 Å². The first-order chi connectivity index (χ1) is 11.2. The molecule has 2 aliphatic rings. The molecule has 5 heteroatoms. The number of aliphatic hydroxyl groups is 1. The first-order valence-electron chi connectivity index (χ1n) is 8.41. The number of amides is 1. The topological polar surface area (TPSA) is 45.5 Å². The molecule has 0 spiro atoms. The van der Waals surface area contributed by atoms with Crippen LogP contribution in [0.25, 0.3) is 0 Å². The summed E-state index contributed by atoms with van der Waals surface area (Å²) in [5.74, 6) is 0.402. The fourth-order valence-corrected chi connectivity index (χ4v) is 4.32. The number of hydrogen-bond donors (Lipinski definition) is 1. The summed E-state index contributed by atoms with van der Waals surface area (Å²) in [6.45, 7) is 1.48. The number of carbonyl (C=O) groups is 1. The average molecular weight is 330 g/mol. The van der Waals surface area contributed by atoms with Crippen molar-refractivity contribution >= 4 is 17.2 Å². The number of nitrogens with zero attached hydrogens (tertiary/aromatic N) is 2. The van der Waals surface area contributed by atoms with Gasteiger partial charge in [0.25, 0.3) is 5.91 Å². The van der Waals surface area contributed by atoms with Crippen molar-refractivity contribution in [3.05, 3.63) is 46.4 Å². The standard InChI is InChI=1S/C18H22N2O2S/c21-17(16-4-2-12-23-16)13-7-10-19(11-8-13)18(22)15-3-1-9-20(15)14-5-6-14/h1-4,9,12-14,17,21H,5-8,10-11H2. The van der Waals surface area contributed by atoms with Gasteiger partial charge in [0.15, 0.2) is 0 Å². The Bertz CT molecular complexity index is 667. The largest absolute Gasteiger partial charge is 0.387 e. The first-order valence-corrected chi connectivity index (χ1v) is 9.29. The van der Waals surface area contributed by atoms with Crippen molar-refractivity contribution in [3.8, 4) is 0 Å². The Hall–Kier alpha value is -1.59. The molecule has 2 aromatic heterocycles. The van der Waals surface area contributed by atoms with E-state index in [2.05, 4.69) is 4.57 Å². The molecule has 4 rings (SSSR count). The second-order valence-electron chi connectivity index (χ2n) is 6.62. The summed E-state index contributed by atoms with van der Waals surface area (Å²) in [7, 11) is 0. The van der Waals surface area contributed by atoms with E-state index in [-0.39, 0.29) is 17.9 Å². The number of aromatic nitrogens is 1. The highest BCUT2D eigenvalue weighted by molar-refractivity contribution is 7.10. The molecule has 1 amide bonds. The highest BCUT2D eigenvalue weighted by atomic mass is 32.1. The lowest BCUT2D eigenvalue weighted by atomic mass is 9.90. The van der Waals surface area contributed by atoms with Gasteiger partial charge in [-0.25, -0.2) is 0 Å². The molecule has 1 atom stereocenters. The van der Waals surface area contributed by atoms with E-state index < -0.39 is 0 Å². The molecular weight excluding hydrogens is 308 g/mol. The third-order valence-electron chi connectivity index (χ3n) is 5.05. The molecule has 1 saturated carbocycles. The molecule has 122 valence electrons. The Morgan fingerprint density at radius 2 is 1.96 bits per heavy atom. The normalized spacial score (nSPS) is 20.7. The predicted octanol–water partition coefficient (Wildman–Crippen LogP) is 3.47. The summed E-state index contributed by atoms with van der Waals surface area (Å²) >= 11 is 1.61. The van der Waals surface area contributed by atoms with E-state index in [1.165, 1.54) is 12.8 Å². The van der Waals surface area contributed by atoms with Gasteiger partial charge in [-0.1, -0.05) is 6.07 Å². The van der Waals surface area contributed by atoms with Crippen LogP contribution in [0.3, 0.4) is 0 Å². The highest BCUT2D eigenvalue weighted by Crippen LogP contribution is 2.37. The van der Waals surface area contributed by atoms with Crippen molar-refractivity contribution in [1.29, 1.82) is 0 Å². The quantitative estimate of drug-likeness (QED) is 0.933. The molecule has 1 unspecified atom stereocenters. The highest BCUT2D eigenvalue weighted by Gasteiger charge is 2.32. The van der Waals surface area contributed by atoms with Gasteiger partial charge in [0, 0.05) is 30.2 Å². The van der Waals surface area contributed by atoms with E-state index >= 15 is 0 Å². The molecular formula is C18H22N2O2S. The lowest BCUT2D eigenvalue weighted by molar-refractivity contribution is 0.0467. The number of carbonyl (C=O) groups excluding carboxylic acids is 1. The summed E-state index contributed by atoms with van der Waals surface area (Å²) in [5, 5.41) is 12.5. The van der Waals surface area contributed by atoms with E-state index in [1.54, 1.807) is 11.3 Å². The maximum atomic E-state index is 12.8. The molecule has 0 aromatic carbocycles. The molecule has 3 heterocycles. The Morgan fingerprint density at radius 3 is 2.61 bits per heavy atom. The van der Waals surface area contributed by atoms with Gasteiger partial charge < -0.3 is 14.6 Å². The molecule has 1 N–H and O–H groups in total. The van der Waals surface area contributed by atoms with Gasteiger partial charge >= 0.3 is 0 Å². The van der Waals surface area contributed by atoms with Crippen molar-refractivity contribution in [3.63, 3.8) is 0 Å². The van der Waals surface area contributed by atoms with E-state index in [4.69, 9.17) is 0 Å². The van der Waals surface area contributed by atoms with Crippen LogP contribution in [0.2, 0.25) is 0 Å². The van der Waals surface area contributed by atoms with Gasteiger partial charge in [-0.15, -0.1) is 11.3 Å². The number of likely N-dealkylation sites (tertiary alicyclic amines) is 1. The minimum atomic E-state index is -0.387. The minimum Gasteiger partial charge on any atom is -0.387 e. The minimum absolute atomic E-state index is 0.144. The molecule has 2 fully saturated rings. The molecule has 1 aliphatic heterocycles. The Balaban J connectivity index is 1.39. The lowest BCUT2D eigenvalue weighted by Crippen LogP contribution is -2.40. The van der Waals surface area contributed by atoms with Crippen LogP contribution in [0.1, 0.15) is 53.2 Å². The lowest BCUT2D eigenvalue weighted by Gasteiger charge is -2.34. The number of aliphatic hydroxyl groups excluding tert-OH is 1. The van der Waals surface area contributed by atoms with Crippen molar-refractivity contribution < 1.29 is 9.90 Å². The summed E-state index contributed by atoms with van der Waals surface area (Å²) in [6.07, 6.45) is 5.75. The van der Waals surface area contributed by atoms with Crippen LogP contribution in [0.15, 0.2) is 35.8 Å². The smallest absolute Gasteiger partial charge is 0.270 e. The van der Waals surface area contributed by atoms with Gasteiger partial charge in [-0.3, -0.25) is 4.79 Å². The van der Waals surface area contributed by atoms with Crippen LogP contribution in [0, 0.1) is 5.92 Å². The van der Waals surface area contributed by atoms with Crippen LogP contribution in [-0.2, 0) is 0 Å². The summed E-state index contributed by atoms with van der Waals surface area (Å²) in [5.41, 5.74) is 0.824. The van der Waals surface area contributed by atoms with Crippen LogP contribution in [0.5, 0.6) is 0 Å². The van der Waals surface area contributed by atoms with E-state index in [0.29, 0.717) is 6.04 Å². The number of thiophene rings is 1. The predicted molar refractivity (Wildman–Crippen MR) is 90.6 cm³/mol. The van der Waals surface area contributed by atoms with Crippen LogP contribution < -0.4 is 0 Å². The molecule has 0 radical (unpaired) electrons. The Kier molecular flexibility index (Phi) is 3.99. The SMILES string of the molecule is O=C(c1cccn1C1CC1)N1CCC(C(O)c2cccs2)CC1. The van der Waals surface area contributed by atoms with Crippen LogP contribution >= 0.6 is 11.3 Å². The van der Waals surface area contributed by atoms with E-state index in [9.17, 15) is 9.90 Å². The van der Waals surface area contributed by atoms with Gasteiger partial charge in [-0.05, 0) is 55.2 Å².